The lowest BCUT2D eigenvalue weighted by Gasteiger charge is -2.26. The SMILES string of the molecule is O=C(c1cccc([N+](=O)[O-])c1Cl)N1CCS(=O)CC1. The molecule has 1 aliphatic rings. The predicted molar refractivity (Wildman–Crippen MR) is 71.9 cm³/mol. The normalized spacial score (nSPS) is 16.4. The molecule has 0 unspecified atom stereocenters. The Morgan fingerprint density at radius 1 is 1.37 bits per heavy atom. The molecule has 1 heterocycles. The lowest BCUT2D eigenvalue weighted by atomic mass is 10.1. The first-order valence-electron chi connectivity index (χ1n) is 5.58. The van der Waals surface area contributed by atoms with Crippen LogP contribution in [-0.4, -0.2) is 44.5 Å². The molecule has 8 heteroatoms. The fourth-order valence-electron chi connectivity index (χ4n) is 1.84. The van der Waals surface area contributed by atoms with Gasteiger partial charge in [-0.2, -0.15) is 0 Å². The highest BCUT2D eigenvalue weighted by Gasteiger charge is 2.26. The molecule has 19 heavy (non-hydrogen) atoms. The largest absolute Gasteiger partial charge is 0.337 e. The molecule has 0 radical (unpaired) electrons. The Hall–Kier alpha value is -1.47. The van der Waals surface area contributed by atoms with Crippen molar-refractivity contribution in [3.05, 3.63) is 38.9 Å². The number of rotatable bonds is 2. The number of amides is 1. The van der Waals surface area contributed by atoms with Gasteiger partial charge in [0, 0.05) is 41.5 Å². The summed E-state index contributed by atoms with van der Waals surface area (Å²) >= 11 is 5.90. The molecule has 102 valence electrons. The Labute approximate surface area is 117 Å². The topological polar surface area (TPSA) is 80.5 Å². The van der Waals surface area contributed by atoms with Crippen LogP contribution in [0.1, 0.15) is 10.4 Å². The highest BCUT2D eigenvalue weighted by atomic mass is 35.5. The summed E-state index contributed by atoms with van der Waals surface area (Å²) in [4.78, 5) is 23.9. The summed E-state index contributed by atoms with van der Waals surface area (Å²) in [7, 11) is -0.886. The van der Waals surface area contributed by atoms with Gasteiger partial charge in [0.1, 0.15) is 5.02 Å². The van der Waals surface area contributed by atoms with Gasteiger partial charge in [-0.3, -0.25) is 19.1 Å². The number of nitrogens with zero attached hydrogens (tertiary/aromatic N) is 2. The smallest absolute Gasteiger partial charge is 0.288 e. The number of hydrogen-bond donors (Lipinski definition) is 0. The molecule has 2 rings (SSSR count). The molecule has 1 fully saturated rings. The zero-order valence-electron chi connectivity index (χ0n) is 9.87. The number of halogens is 1. The van der Waals surface area contributed by atoms with Gasteiger partial charge in [-0.1, -0.05) is 17.7 Å². The molecule has 1 aliphatic heterocycles. The van der Waals surface area contributed by atoms with E-state index in [-0.39, 0.29) is 22.2 Å². The number of carbonyl (C=O) groups is 1. The summed E-state index contributed by atoms with van der Waals surface area (Å²) in [6.07, 6.45) is 0. The molecule has 1 amide bonds. The van der Waals surface area contributed by atoms with Gasteiger partial charge >= 0.3 is 0 Å². The zero-order chi connectivity index (χ0) is 14.0. The van der Waals surface area contributed by atoms with Crippen LogP contribution in [0, 0.1) is 10.1 Å². The number of benzene rings is 1. The first kappa shape index (κ1) is 14.0. The second-order valence-corrected chi connectivity index (χ2v) is 6.11. The van der Waals surface area contributed by atoms with E-state index in [1.807, 2.05) is 0 Å². The molecular weight excluding hydrogens is 292 g/mol. The zero-order valence-corrected chi connectivity index (χ0v) is 11.4. The van der Waals surface area contributed by atoms with Crippen LogP contribution in [0.25, 0.3) is 0 Å². The molecule has 6 nitrogen and oxygen atoms in total. The van der Waals surface area contributed by atoms with Gasteiger partial charge in [-0.15, -0.1) is 0 Å². The average Bonchev–Trinajstić information content (AvgIpc) is 2.38. The van der Waals surface area contributed by atoms with Crippen LogP contribution in [0.5, 0.6) is 0 Å². The van der Waals surface area contributed by atoms with Gasteiger partial charge in [-0.25, -0.2) is 0 Å². The van der Waals surface area contributed by atoms with E-state index in [1.165, 1.54) is 23.1 Å². The van der Waals surface area contributed by atoms with Crippen LogP contribution in [0.15, 0.2) is 18.2 Å². The van der Waals surface area contributed by atoms with E-state index in [1.54, 1.807) is 0 Å². The minimum atomic E-state index is -0.886. The molecule has 1 saturated heterocycles. The highest BCUT2D eigenvalue weighted by molar-refractivity contribution is 7.85. The third-order valence-corrected chi connectivity index (χ3v) is 4.54. The summed E-state index contributed by atoms with van der Waals surface area (Å²) in [5.74, 6) is 0.502. The molecule has 1 aromatic rings. The summed E-state index contributed by atoms with van der Waals surface area (Å²) in [6, 6.07) is 4.15. The van der Waals surface area contributed by atoms with E-state index in [2.05, 4.69) is 0 Å². The van der Waals surface area contributed by atoms with Crippen molar-refractivity contribution in [3.8, 4) is 0 Å². The standard InChI is InChI=1S/C11H11ClN2O4S/c12-10-8(2-1-3-9(10)14(16)17)11(15)13-4-6-19(18)7-5-13/h1-3H,4-7H2. The maximum Gasteiger partial charge on any atom is 0.288 e. The third kappa shape index (κ3) is 2.93. The molecule has 0 N–H and O–H groups in total. The maximum atomic E-state index is 12.2. The number of carbonyl (C=O) groups excluding carboxylic acids is 1. The second kappa shape index (κ2) is 5.66. The summed E-state index contributed by atoms with van der Waals surface area (Å²) in [6.45, 7) is 0.759. The molecule has 0 aliphatic carbocycles. The molecule has 0 atom stereocenters. The van der Waals surface area contributed by atoms with E-state index in [4.69, 9.17) is 11.6 Å². The molecular formula is C11H11ClN2O4S. The monoisotopic (exact) mass is 302 g/mol. The van der Waals surface area contributed by atoms with E-state index in [0.29, 0.717) is 24.6 Å². The molecule has 1 aromatic carbocycles. The van der Waals surface area contributed by atoms with Gasteiger partial charge in [-0.05, 0) is 6.07 Å². The Balaban J connectivity index is 2.27. The Bertz CT molecular complexity index is 554. The van der Waals surface area contributed by atoms with Crippen LogP contribution in [0.2, 0.25) is 5.02 Å². The molecule has 0 saturated carbocycles. The van der Waals surface area contributed by atoms with Crippen LogP contribution in [0.3, 0.4) is 0 Å². The first-order valence-corrected chi connectivity index (χ1v) is 7.44. The third-order valence-electron chi connectivity index (χ3n) is 2.87. The maximum absolute atomic E-state index is 12.2. The molecule has 0 aromatic heterocycles. The van der Waals surface area contributed by atoms with Crippen molar-refractivity contribution in [3.63, 3.8) is 0 Å². The predicted octanol–water partition coefficient (Wildman–Crippen LogP) is 1.45. The van der Waals surface area contributed by atoms with Gasteiger partial charge in [0.2, 0.25) is 0 Å². The van der Waals surface area contributed by atoms with Crippen LogP contribution >= 0.6 is 11.6 Å². The quantitative estimate of drug-likeness (QED) is 0.612. The average molecular weight is 303 g/mol. The highest BCUT2D eigenvalue weighted by Crippen LogP contribution is 2.28. The first-order chi connectivity index (χ1) is 9.00. The van der Waals surface area contributed by atoms with E-state index >= 15 is 0 Å². The van der Waals surface area contributed by atoms with Crippen molar-refractivity contribution in [2.24, 2.45) is 0 Å². The minimum Gasteiger partial charge on any atom is -0.337 e. The van der Waals surface area contributed by atoms with Crippen molar-refractivity contribution in [1.82, 2.24) is 4.90 Å². The second-order valence-electron chi connectivity index (χ2n) is 4.04. The Kier molecular flexibility index (Phi) is 4.16. The summed E-state index contributed by atoms with van der Waals surface area (Å²) in [5, 5.41) is 10.6. The summed E-state index contributed by atoms with van der Waals surface area (Å²) in [5.41, 5.74) is -0.170. The van der Waals surface area contributed by atoms with Crippen molar-refractivity contribution >= 4 is 34.0 Å². The lowest BCUT2D eigenvalue weighted by Crippen LogP contribution is -2.41. The van der Waals surface area contributed by atoms with Gasteiger partial charge in [0.05, 0.1) is 10.5 Å². The van der Waals surface area contributed by atoms with Gasteiger partial charge in [0.15, 0.2) is 0 Å². The van der Waals surface area contributed by atoms with Crippen molar-refractivity contribution in [2.45, 2.75) is 0 Å². The fourth-order valence-corrected chi connectivity index (χ4v) is 3.17. The van der Waals surface area contributed by atoms with Crippen LogP contribution in [-0.2, 0) is 10.8 Å². The van der Waals surface area contributed by atoms with Crippen LogP contribution in [0.4, 0.5) is 5.69 Å². The van der Waals surface area contributed by atoms with Crippen molar-refractivity contribution < 1.29 is 13.9 Å². The molecule has 0 bridgehead atoms. The van der Waals surface area contributed by atoms with Gasteiger partial charge in [0.25, 0.3) is 11.6 Å². The number of nitro groups is 1. The lowest BCUT2D eigenvalue weighted by molar-refractivity contribution is -0.384. The molecule has 0 spiro atoms. The number of hydrogen-bond acceptors (Lipinski definition) is 4. The van der Waals surface area contributed by atoms with E-state index in [0.717, 1.165) is 0 Å². The van der Waals surface area contributed by atoms with E-state index < -0.39 is 15.7 Å². The van der Waals surface area contributed by atoms with E-state index in [9.17, 15) is 19.1 Å². The Morgan fingerprint density at radius 2 is 2.00 bits per heavy atom. The van der Waals surface area contributed by atoms with Crippen molar-refractivity contribution in [1.29, 1.82) is 0 Å². The summed E-state index contributed by atoms with van der Waals surface area (Å²) < 4.78 is 11.2. The number of nitro benzene ring substituents is 1. The minimum absolute atomic E-state index is 0.114. The Morgan fingerprint density at radius 3 is 2.58 bits per heavy atom. The van der Waals surface area contributed by atoms with Crippen LogP contribution < -0.4 is 0 Å². The van der Waals surface area contributed by atoms with Gasteiger partial charge < -0.3 is 4.90 Å². The fraction of sp³-hybridized carbons (Fsp3) is 0.364. The van der Waals surface area contributed by atoms with Crippen molar-refractivity contribution in [2.75, 3.05) is 24.6 Å².